The summed E-state index contributed by atoms with van der Waals surface area (Å²) in [5.74, 6) is 0.699. The van der Waals surface area contributed by atoms with E-state index in [1.165, 1.54) is 17.7 Å². The molecule has 2 aliphatic carbocycles. The smallest absolute Gasteiger partial charge is 0.233 e. The van der Waals surface area contributed by atoms with Crippen molar-refractivity contribution in [3.63, 3.8) is 0 Å². The van der Waals surface area contributed by atoms with Gasteiger partial charge in [-0.3, -0.25) is 14.5 Å². The van der Waals surface area contributed by atoms with E-state index in [9.17, 15) is 9.59 Å². The molecule has 0 radical (unpaired) electrons. The molecule has 0 aromatic rings. The molecule has 17 heavy (non-hydrogen) atoms. The van der Waals surface area contributed by atoms with Gasteiger partial charge in [0.05, 0.1) is 11.8 Å². The van der Waals surface area contributed by atoms with Crippen LogP contribution in [0.15, 0.2) is 0 Å². The standard InChI is InChI=1S/C13H20N2O2/c1-8-6-10-11(7-8)13(17)15(12(10)16)5-4-14-9-2-3-9/h8-11,14H,2-7H2,1H3. The Morgan fingerprint density at radius 1 is 1.18 bits per heavy atom. The van der Waals surface area contributed by atoms with Crippen molar-refractivity contribution in [1.29, 1.82) is 0 Å². The molecule has 0 aromatic carbocycles. The normalized spacial score (nSPS) is 36.8. The molecule has 94 valence electrons. The summed E-state index contributed by atoms with van der Waals surface area (Å²) in [5, 5.41) is 3.35. The minimum absolute atomic E-state index is 0.00146. The van der Waals surface area contributed by atoms with Gasteiger partial charge >= 0.3 is 0 Å². The second-order valence-electron chi connectivity index (χ2n) is 5.85. The van der Waals surface area contributed by atoms with E-state index in [1.54, 1.807) is 0 Å². The van der Waals surface area contributed by atoms with Gasteiger partial charge in [-0.25, -0.2) is 0 Å². The lowest BCUT2D eigenvalue weighted by molar-refractivity contribution is -0.140. The number of hydrogen-bond donors (Lipinski definition) is 1. The van der Waals surface area contributed by atoms with Gasteiger partial charge in [-0.2, -0.15) is 0 Å². The van der Waals surface area contributed by atoms with E-state index < -0.39 is 0 Å². The molecule has 3 rings (SSSR count). The predicted octanol–water partition coefficient (Wildman–Crippen LogP) is 0.770. The van der Waals surface area contributed by atoms with Crippen molar-refractivity contribution in [1.82, 2.24) is 10.2 Å². The van der Waals surface area contributed by atoms with Gasteiger partial charge in [0.25, 0.3) is 0 Å². The molecule has 0 spiro atoms. The second kappa shape index (κ2) is 4.09. The summed E-state index contributed by atoms with van der Waals surface area (Å²) in [5.41, 5.74) is 0. The molecule has 4 heteroatoms. The first kappa shape index (κ1) is 11.2. The maximum Gasteiger partial charge on any atom is 0.233 e. The third-order valence-electron chi connectivity index (χ3n) is 4.31. The number of nitrogens with zero attached hydrogens (tertiary/aromatic N) is 1. The molecule has 3 fully saturated rings. The summed E-state index contributed by atoms with van der Waals surface area (Å²) >= 11 is 0. The molecule has 2 unspecified atom stereocenters. The van der Waals surface area contributed by atoms with Crippen LogP contribution < -0.4 is 5.32 Å². The van der Waals surface area contributed by atoms with Crippen LogP contribution in [0.4, 0.5) is 0 Å². The molecule has 0 bridgehead atoms. The molecule has 1 N–H and O–H groups in total. The first-order chi connectivity index (χ1) is 8.16. The third kappa shape index (κ3) is 1.99. The topological polar surface area (TPSA) is 49.4 Å². The van der Waals surface area contributed by atoms with Crippen molar-refractivity contribution in [2.24, 2.45) is 17.8 Å². The van der Waals surface area contributed by atoms with Crippen molar-refractivity contribution < 1.29 is 9.59 Å². The number of likely N-dealkylation sites (tertiary alicyclic amines) is 1. The zero-order valence-corrected chi connectivity index (χ0v) is 10.3. The van der Waals surface area contributed by atoms with Crippen LogP contribution in [0.2, 0.25) is 0 Å². The highest BCUT2D eigenvalue weighted by atomic mass is 16.2. The summed E-state index contributed by atoms with van der Waals surface area (Å²) in [6.07, 6.45) is 4.29. The highest BCUT2D eigenvalue weighted by Gasteiger charge is 2.51. The molecular weight excluding hydrogens is 216 g/mol. The second-order valence-corrected chi connectivity index (χ2v) is 5.85. The minimum Gasteiger partial charge on any atom is -0.312 e. The van der Waals surface area contributed by atoms with Crippen LogP contribution in [0.5, 0.6) is 0 Å². The number of imide groups is 1. The molecule has 1 saturated heterocycles. The fourth-order valence-corrected chi connectivity index (χ4v) is 3.23. The van der Waals surface area contributed by atoms with Crippen molar-refractivity contribution in [2.75, 3.05) is 13.1 Å². The van der Waals surface area contributed by atoms with Crippen LogP contribution in [0, 0.1) is 17.8 Å². The Hall–Kier alpha value is -0.900. The summed E-state index contributed by atoms with van der Waals surface area (Å²) in [6.45, 7) is 3.46. The van der Waals surface area contributed by atoms with Gasteiger partial charge in [-0.15, -0.1) is 0 Å². The van der Waals surface area contributed by atoms with Gasteiger partial charge < -0.3 is 5.32 Å². The maximum absolute atomic E-state index is 12.1. The van der Waals surface area contributed by atoms with Crippen LogP contribution in [0.1, 0.15) is 32.6 Å². The summed E-state index contributed by atoms with van der Waals surface area (Å²) in [7, 11) is 0. The average molecular weight is 236 g/mol. The van der Waals surface area contributed by atoms with Crippen molar-refractivity contribution in [2.45, 2.75) is 38.6 Å². The number of amides is 2. The van der Waals surface area contributed by atoms with E-state index in [0.29, 0.717) is 18.5 Å². The van der Waals surface area contributed by atoms with Gasteiger partial charge in [0.1, 0.15) is 0 Å². The van der Waals surface area contributed by atoms with E-state index in [0.717, 1.165) is 19.4 Å². The first-order valence-corrected chi connectivity index (χ1v) is 6.75. The van der Waals surface area contributed by atoms with Crippen LogP contribution >= 0.6 is 0 Å². The Kier molecular flexibility index (Phi) is 2.69. The van der Waals surface area contributed by atoms with Gasteiger partial charge in [0.15, 0.2) is 0 Å². The maximum atomic E-state index is 12.1. The van der Waals surface area contributed by atoms with Crippen molar-refractivity contribution in [3.05, 3.63) is 0 Å². The van der Waals surface area contributed by atoms with Gasteiger partial charge in [-0.1, -0.05) is 6.92 Å². The Labute approximate surface area is 102 Å². The molecule has 3 aliphatic rings. The van der Waals surface area contributed by atoms with E-state index in [4.69, 9.17) is 0 Å². The third-order valence-corrected chi connectivity index (χ3v) is 4.31. The van der Waals surface area contributed by atoms with E-state index in [2.05, 4.69) is 12.2 Å². The monoisotopic (exact) mass is 236 g/mol. The zero-order valence-electron chi connectivity index (χ0n) is 10.3. The molecule has 1 aliphatic heterocycles. The Morgan fingerprint density at radius 2 is 1.76 bits per heavy atom. The summed E-state index contributed by atoms with van der Waals surface area (Å²) in [4.78, 5) is 25.7. The predicted molar refractivity (Wildman–Crippen MR) is 63.1 cm³/mol. The van der Waals surface area contributed by atoms with Gasteiger partial charge in [0.2, 0.25) is 11.8 Å². The summed E-state index contributed by atoms with van der Waals surface area (Å²) < 4.78 is 0. The first-order valence-electron chi connectivity index (χ1n) is 6.75. The van der Waals surface area contributed by atoms with E-state index >= 15 is 0 Å². The lowest BCUT2D eigenvalue weighted by Gasteiger charge is -2.16. The van der Waals surface area contributed by atoms with Crippen molar-refractivity contribution in [3.8, 4) is 0 Å². The fraction of sp³-hybridized carbons (Fsp3) is 0.846. The SMILES string of the molecule is CC1CC2C(=O)N(CCNC3CC3)C(=O)C2C1. The number of hydrogen-bond acceptors (Lipinski definition) is 3. The Balaban J connectivity index is 1.58. The van der Waals surface area contributed by atoms with E-state index in [-0.39, 0.29) is 23.7 Å². The molecule has 0 aromatic heterocycles. The van der Waals surface area contributed by atoms with Crippen LogP contribution in [-0.2, 0) is 9.59 Å². The van der Waals surface area contributed by atoms with Crippen LogP contribution in [0.25, 0.3) is 0 Å². The van der Waals surface area contributed by atoms with Gasteiger partial charge in [0, 0.05) is 19.1 Å². The molecule has 2 saturated carbocycles. The molecule has 4 nitrogen and oxygen atoms in total. The molecular formula is C13H20N2O2. The molecule has 1 heterocycles. The lowest BCUT2D eigenvalue weighted by atomic mass is 10.00. The fourth-order valence-electron chi connectivity index (χ4n) is 3.23. The number of nitrogens with one attached hydrogen (secondary N) is 1. The molecule has 2 amide bonds. The summed E-state index contributed by atoms with van der Waals surface area (Å²) in [6, 6.07) is 0.641. The molecule has 2 atom stereocenters. The highest BCUT2D eigenvalue weighted by Crippen LogP contribution is 2.42. The Morgan fingerprint density at radius 3 is 2.29 bits per heavy atom. The highest BCUT2D eigenvalue weighted by molar-refractivity contribution is 6.05. The average Bonchev–Trinajstić information content (AvgIpc) is 3.00. The zero-order chi connectivity index (χ0) is 12.0. The number of rotatable bonds is 4. The number of fused-ring (bicyclic) bond motifs is 1. The van der Waals surface area contributed by atoms with Crippen molar-refractivity contribution >= 4 is 11.8 Å². The number of carbonyl (C=O) groups is 2. The van der Waals surface area contributed by atoms with Gasteiger partial charge in [-0.05, 0) is 31.6 Å². The largest absolute Gasteiger partial charge is 0.312 e. The quantitative estimate of drug-likeness (QED) is 0.733. The van der Waals surface area contributed by atoms with Crippen LogP contribution in [0.3, 0.4) is 0 Å². The lowest BCUT2D eigenvalue weighted by Crippen LogP contribution is -2.38. The minimum atomic E-state index is -0.00146. The number of carbonyl (C=O) groups excluding carboxylic acids is 2. The van der Waals surface area contributed by atoms with Crippen LogP contribution in [-0.4, -0.2) is 35.8 Å². The Bertz CT molecular complexity index is 327. The van der Waals surface area contributed by atoms with E-state index in [1.807, 2.05) is 0 Å².